The van der Waals surface area contributed by atoms with Gasteiger partial charge in [0.2, 0.25) is 11.8 Å². The first kappa shape index (κ1) is 36.2. The molecular weight excluding hydrogens is 656 g/mol. The van der Waals surface area contributed by atoms with Crippen molar-refractivity contribution in [2.75, 3.05) is 6.54 Å². The van der Waals surface area contributed by atoms with Gasteiger partial charge in [0.05, 0.1) is 22.4 Å². The fourth-order valence-electron chi connectivity index (χ4n) is 5.21. The van der Waals surface area contributed by atoms with Crippen molar-refractivity contribution in [3.05, 3.63) is 107 Å². The van der Waals surface area contributed by atoms with Crippen molar-refractivity contribution in [1.29, 1.82) is 0 Å². The largest absolute Gasteiger partial charge is 0.390 e. The molecule has 47 heavy (non-hydrogen) atoms. The molecule has 1 atom stereocenters. The number of unbranched alkanes of at least 4 members (excludes halogenated alkanes) is 2. The zero-order chi connectivity index (χ0) is 33.8. The third-order valence-corrected chi connectivity index (χ3v) is 9.89. The Balaban J connectivity index is 1.32. The summed E-state index contributed by atoms with van der Waals surface area (Å²) in [6.45, 7) is 2.69. The maximum absolute atomic E-state index is 13.3. The number of aliphatic hydroxyl groups excluding tert-OH is 1. The summed E-state index contributed by atoms with van der Waals surface area (Å²) in [7, 11) is -4.15. The van der Waals surface area contributed by atoms with E-state index in [4.69, 9.17) is 11.6 Å². The summed E-state index contributed by atoms with van der Waals surface area (Å²) in [5.41, 5.74) is 3.64. The number of sulfonamides is 1. The number of hydrogen-bond acceptors (Lipinski definition) is 7. The van der Waals surface area contributed by atoms with Crippen LogP contribution in [0.5, 0.6) is 0 Å². The van der Waals surface area contributed by atoms with E-state index in [0.717, 1.165) is 36.2 Å². The van der Waals surface area contributed by atoms with Crippen molar-refractivity contribution in [2.45, 2.75) is 75.2 Å². The molecule has 0 fully saturated rings. The molecular formula is C35H41ClN4O5S2. The van der Waals surface area contributed by atoms with Gasteiger partial charge in [0.25, 0.3) is 10.0 Å². The number of thiol groups is 1. The molecule has 4 rings (SSSR count). The summed E-state index contributed by atoms with van der Waals surface area (Å²) in [6, 6.07) is 23.6. The van der Waals surface area contributed by atoms with Crippen LogP contribution in [0.4, 0.5) is 0 Å². The number of aliphatic hydroxyl groups is 1. The first-order valence-electron chi connectivity index (χ1n) is 15.7. The monoisotopic (exact) mass is 696 g/mol. The highest BCUT2D eigenvalue weighted by Crippen LogP contribution is 2.28. The van der Waals surface area contributed by atoms with Crippen LogP contribution < -0.4 is 10.0 Å². The zero-order valence-corrected chi connectivity index (χ0v) is 28.8. The van der Waals surface area contributed by atoms with Gasteiger partial charge in [-0.05, 0) is 48.4 Å². The lowest BCUT2D eigenvalue weighted by Gasteiger charge is -2.14. The number of aryl methyl sites for hydroxylation is 1. The van der Waals surface area contributed by atoms with E-state index in [2.05, 4.69) is 34.6 Å². The highest BCUT2D eigenvalue weighted by molar-refractivity contribution is 7.90. The molecule has 0 unspecified atom stereocenters. The lowest BCUT2D eigenvalue weighted by Crippen LogP contribution is -2.33. The number of hydrogen-bond donors (Lipinski definition) is 4. The molecule has 0 spiro atoms. The minimum Gasteiger partial charge on any atom is -0.390 e. The van der Waals surface area contributed by atoms with Crippen LogP contribution in [0.3, 0.4) is 0 Å². The highest BCUT2D eigenvalue weighted by Gasteiger charge is 2.22. The predicted octanol–water partition coefficient (Wildman–Crippen LogP) is 5.72. The van der Waals surface area contributed by atoms with Crippen molar-refractivity contribution in [2.24, 2.45) is 0 Å². The SMILES string of the molecule is CCCCc1nc(Cl)c(CO)n1Cc1ccc(-c2ccccc2S(=O)(=O)NC(=O)CCCCNC(=O)[C@@H](S)Cc2ccccc2)cc1. The molecule has 12 heteroatoms. The lowest BCUT2D eigenvalue weighted by molar-refractivity contribution is -0.120. The molecule has 0 saturated carbocycles. The molecule has 1 aromatic heterocycles. The first-order chi connectivity index (χ1) is 22.6. The lowest BCUT2D eigenvalue weighted by atomic mass is 10.0. The second-order valence-electron chi connectivity index (χ2n) is 11.3. The molecule has 2 amide bonds. The molecule has 3 N–H and O–H groups in total. The summed E-state index contributed by atoms with van der Waals surface area (Å²) >= 11 is 10.7. The van der Waals surface area contributed by atoms with E-state index in [1.807, 2.05) is 59.2 Å². The van der Waals surface area contributed by atoms with Gasteiger partial charge in [-0.1, -0.05) is 97.7 Å². The van der Waals surface area contributed by atoms with Crippen LogP contribution in [0.2, 0.25) is 5.15 Å². The molecule has 0 aliphatic heterocycles. The molecule has 0 aliphatic carbocycles. The van der Waals surface area contributed by atoms with Crippen LogP contribution in [-0.4, -0.2) is 46.7 Å². The van der Waals surface area contributed by atoms with E-state index in [1.54, 1.807) is 18.2 Å². The number of rotatable bonds is 17. The molecule has 0 aliphatic rings. The Morgan fingerprint density at radius 3 is 2.36 bits per heavy atom. The number of nitrogens with zero attached hydrogens (tertiary/aromatic N) is 2. The average Bonchev–Trinajstić information content (AvgIpc) is 3.37. The van der Waals surface area contributed by atoms with Gasteiger partial charge in [0, 0.05) is 31.5 Å². The molecule has 0 saturated heterocycles. The molecule has 250 valence electrons. The topological polar surface area (TPSA) is 130 Å². The zero-order valence-electron chi connectivity index (χ0n) is 26.4. The van der Waals surface area contributed by atoms with E-state index >= 15 is 0 Å². The van der Waals surface area contributed by atoms with Gasteiger partial charge in [-0.2, -0.15) is 12.6 Å². The second-order valence-corrected chi connectivity index (χ2v) is 13.9. The molecule has 1 heterocycles. The number of carbonyl (C=O) groups excluding carboxylic acids is 2. The normalized spacial score (nSPS) is 12.1. The summed E-state index contributed by atoms with van der Waals surface area (Å²) in [4.78, 5) is 29.4. The summed E-state index contributed by atoms with van der Waals surface area (Å²) < 4.78 is 30.7. The Labute approximate surface area is 287 Å². The summed E-state index contributed by atoms with van der Waals surface area (Å²) in [6.07, 6.45) is 4.11. The van der Waals surface area contributed by atoms with E-state index < -0.39 is 21.2 Å². The van der Waals surface area contributed by atoms with Gasteiger partial charge in [-0.25, -0.2) is 18.1 Å². The van der Waals surface area contributed by atoms with E-state index in [-0.39, 0.29) is 23.8 Å². The first-order valence-corrected chi connectivity index (χ1v) is 18.1. The third-order valence-electron chi connectivity index (χ3n) is 7.74. The second kappa shape index (κ2) is 17.5. The van der Waals surface area contributed by atoms with Crippen LogP contribution in [0.1, 0.15) is 61.7 Å². The Bertz CT molecular complexity index is 1750. The number of imidazole rings is 1. The molecule has 0 bridgehead atoms. The van der Waals surface area contributed by atoms with Gasteiger partial charge in [0.1, 0.15) is 5.82 Å². The van der Waals surface area contributed by atoms with Crippen molar-refractivity contribution in [3.8, 4) is 11.1 Å². The third kappa shape index (κ3) is 10.2. The number of carbonyl (C=O) groups is 2. The van der Waals surface area contributed by atoms with Gasteiger partial charge in [-0.3, -0.25) is 9.59 Å². The Morgan fingerprint density at radius 1 is 0.957 bits per heavy atom. The van der Waals surface area contributed by atoms with Crippen molar-refractivity contribution in [1.82, 2.24) is 19.6 Å². The van der Waals surface area contributed by atoms with Gasteiger partial charge in [-0.15, -0.1) is 0 Å². The van der Waals surface area contributed by atoms with Crippen LogP contribution in [0.25, 0.3) is 11.1 Å². The van der Waals surface area contributed by atoms with Crippen molar-refractivity contribution < 1.29 is 23.1 Å². The Morgan fingerprint density at radius 2 is 1.66 bits per heavy atom. The predicted molar refractivity (Wildman–Crippen MR) is 188 cm³/mol. The maximum Gasteiger partial charge on any atom is 0.264 e. The smallest absolute Gasteiger partial charge is 0.264 e. The van der Waals surface area contributed by atoms with Crippen molar-refractivity contribution in [3.63, 3.8) is 0 Å². The number of benzene rings is 3. The average molecular weight is 697 g/mol. The quantitative estimate of drug-likeness (QED) is 0.0826. The fraction of sp³-hybridized carbons (Fsp3) is 0.343. The van der Waals surface area contributed by atoms with Crippen molar-refractivity contribution >= 4 is 46.1 Å². The van der Waals surface area contributed by atoms with E-state index in [1.165, 1.54) is 6.07 Å². The summed E-state index contributed by atoms with van der Waals surface area (Å²) in [5.74, 6) is 0.00819. The number of aromatic nitrogens is 2. The van der Waals surface area contributed by atoms with Crippen LogP contribution in [0.15, 0.2) is 83.8 Å². The Hall–Kier alpha value is -3.64. The van der Waals surface area contributed by atoms with Crippen LogP contribution >= 0.6 is 24.2 Å². The number of halogens is 1. The maximum atomic E-state index is 13.3. The Kier molecular flexibility index (Phi) is 13.5. The standard InChI is InChI=1S/C35H41ClN4O5S2/c1-2-3-15-32-38-34(36)29(24-41)40(32)23-26-17-19-27(20-18-26)28-13-7-8-14-31(28)47(44,45)39-33(42)16-9-10-21-37-35(43)30(46)22-25-11-5-4-6-12-25/h4-8,11-14,17-20,30,41,46H,2-3,9-10,15-16,21-24H2,1H3,(H,37,43)(H,39,42)/t30-/m0/s1. The van der Waals surface area contributed by atoms with E-state index in [9.17, 15) is 23.1 Å². The fourth-order valence-corrected chi connectivity index (χ4v) is 7.01. The van der Waals surface area contributed by atoms with Crippen LogP contribution in [-0.2, 0) is 45.6 Å². The van der Waals surface area contributed by atoms with Gasteiger partial charge >= 0.3 is 0 Å². The molecule has 3 aromatic carbocycles. The molecule has 0 radical (unpaired) electrons. The summed E-state index contributed by atoms with van der Waals surface area (Å²) in [5, 5.41) is 12.5. The number of amides is 2. The van der Waals surface area contributed by atoms with Crippen LogP contribution in [0, 0.1) is 0 Å². The highest BCUT2D eigenvalue weighted by atomic mass is 35.5. The van der Waals surface area contributed by atoms with Gasteiger partial charge < -0.3 is 15.0 Å². The van der Waals surface area contributed by atoms with E-state index in [0.29, 0.717) is 54.3 Å². The minimum atomic E-state index is -4.15. The van der Waals surface area contributed by atoms with Gasteiger partial charge in [0.15, 0.2) is 5.15 Å². The minimum absolute atomic E-state index is 0.00240. The molecule has 4 aromatic rings. The molecule has 9 nitrogen and oxygen atoms in total. The number of nitrogens with one attached hydrogen (secondary N) is 2.